The highest BCUT2D eigenvalue weighted by molar-refractivity contribution is 7.71. The summed E-state index contributed by atoms with van der Waals surface area (Å²) in [6, 6.07) is 9.84. The maximum absolute atomic E-state index is 11.2. The molecule has 0 saturated carbocycles. The van der Waals surface area contributed by atoms with Crippen LogP contribution in [0.5, 0.6) is 0 Å². The molecule has 0 atom stereocenters. The van der Waals surface area contributed by atoms with Gasteiger partial charge < -0.3 is 0 Å². The van der Waals surface area contributed by atoms with E-state index >= 15 is 0 Å². The first-order valence-electron chi connectivity index (χ1n) is 4.89. The summed E-state index contributed by atoms with van der Waals surface area (Å²) in [5.74, 6) is 0. The lowest BCUT2D eigenvalue weighted by atomic mass is 10.2. The number of aromatic nitrogens is 3. The van der Waals surface area contributed by atoms with Crippen LogP contribution in [-0.4, -0.2) is 14.8 Å². The highest BCUT2D eigenvalue weighted by atomic mass is 32.1. The molecule has 0 aliphatic heterocycles. The SMILES string of the molecule is Cc1nn(Cc2ccccc2)c(=S)[nH]c1=O. The molecule has 16 heavy (non-hydrogen) atoms. The van der Waals surface area contributed by atoms with Crippen molar-refractivity contribution in [2.45, 2.75) is 13.5 Å². The van der Waals surface area contributed by atoms with E-state index in [2.05, 4.69) is 10.1 Å². The molecule has 1 N–H and O–H groups in total. The fraction of sp³-hybridized carbons (Fsp3) is 0.182. The largest absolute Gasteiger partial charge is 0.296 e. The molecule has 4 nitrogen and oxygen atoms in total. The number of hydrogen-bond donors (Lipinski definition) is 1. The Morgan fingerprint density at radius 1 is 1.38 bits per heavy atom. The van der Waals surface area contributed by atoms with Crippen LogP contribution in [0.15, 0.2) is 35.1 Å². The second kappa shape index (κ2) is 4.40. The van der Waals surface area contributed by atoms with E-state index in [1.807, 2.05) is 30.3 Å². The van der Waals surface area contributed by atoms with Gasteiger partial charge in [-0.1, -0.05) is 30.3 Å². The minimum Gasteiger partial charge on any atom is -0.296 e. The van der Waals surface area contributed by atoms with Crippen molar-refractivity contribution >= 4 is 12.2 Å². The van der Waals surface area contributed by atoms with Crippen LogP contribution in [-0.2, 0) is 6.54 Å². The first kappa shape index (κ1) is 10.8. The van der Waals surface area contributed by atoms with E-state index in [1.165, 1.54) is 0 Å². The Labute approximate surface area is 97.6 Å². The fourth-order valence-corrected chi connectivity index (χ4v) is 1.59. The van der Waals surface area contributed by atoms with Crippen LogP contribution in [0.3, 0.4) is 0 Å². The summed E-state index contributed by atoms with van der Waals surface area (Å²) in [7, 11) is 0. The fourth-order valence-electron chi connectivity index (χ4n) is 1.39. The lowest BCUT2D eigenvalue weighted by Gasteiger charge is -2.05. The Hall–Kier alpha value is -1.75. The predicted octanol–water partition coefficient (Wildman–Crippen LogP) is 1.66. The van der Waals surface area contributed by atoms with E-state index in [0.717, 1.165) is 5.56 Å². The van der Waals surface area contributed by atoms with E-state index in [9.17, 15) is 4.79 Å². The molecule has 0 aliphatic rings. The molecule has 82 valence electrons. The van der Waals surface area contributed by atoms with Crippen molar-refractivity contribution in [3.8, 4) is 0 Å². The molecule has 0 saturated heterocycles. The zero-order valence-corrected chi connectivity index (χ0v) is 9.62. The molecular formula is C11H11N3OS. The highest BCUT2D eigenvalue weighted by Crippen LogP contribution is 2.00. The van der Waals surface area contributed by atoms with Crippen LogP contribution < -0.4 is 5.56 Å². The number of nitrogens with one attached hydrogen (secondary N) is 1. The van der Waals surface area contributed by atoms with Crippen LogP contribution in [0.4, 0.5) is 0 Å². The van der Waals surface area contributed by atoms with Crippen molar-refractivity contribution in [3.63, 3.8) is 0 Å². The molecule has 1 aromatic heterocycles. The molecule has 2 rings (SSSR count). The smallest absolute Gasteiger partial charge is 0.273 e. The van der Waals surface area contributed by atoms with Gasteiger partial charge in [0.1, 0.15) is 5.69 Å². The maximum atomic E-state index is 11.2. The number of aryl methyl sites for hydroxylation is 1. The normalized spacial score (nSPS) is 10.3. The Bertz CT molecular complexity index is 601. The van der Waals surface area contributed by atoms with Gasteiger partial charge in [0.15, 0.2) is 4.77 Å². The quantitative estimate of drug-likeness (QED) is 0.802. The summed E-state index contributed by atoms with van der Waals surface area (Å²) in [5, 5.41) is 4.14. The van der Waals surface area contributed by atoms with Crippen molar-refractivity contribution in [1.82, 2.24) is 14.8 Å². The van der Waals surface area contributed by atoms with E-state index < -0.39 is 0 Å². The number of aromatic amines is 1. The number of benzene rings is 1. The zero-order valence-electron chi connectivity index (χ0n) is 8.80. The molecule has 0 spiro atoms. The lowest BCUT2D eigenvalue weighted by molar-refractivity contribution is 0.614. The molecule has 0 radical (unpaired) electrons. The number of hydrogen-bond acceptors (Lipinski definition) is 3. The molecule has 0 fully saturated rings. The van der Waals surface area contributed by atoms with Gasteiger partial charge in [-0.25, -0.2) is 4.68 Å². The van der Waals surface area contributed by atoms with Crippen LogP contribution in [0.2, 0.25) is 0 Å². The van der Waals surface area contributed by atoms with Gasteiger partial charge in [0.2, 0.25) is 0 Å². The molecule has 0 unspecified atom stereocenters. The Morgan fingerprint density at radius 3 is 2.75 bits per heavy atom. The monoisotopic (exact) mass is 233 g/mol. The van der Waals surface area contributed by atoms with Gasteiger partial charge in [0.05, 0.1) is 6.54 Å². The second-order valence-corrected chi connectivity index (χ2v) is 3.87. The van der Waals surface area contributed by atoms with Gasteiger partial charge >= 0.3 is 0 Å². The predicted molar refractivity (Wildman–Crippen MR) is 64.0 cm³/mol. The van der Waals surface area contributed by atoms with Crippen LogP contribution in [0, 0.1) is 11.7 Å². The summed E-state index contributed by atoms with van der Waals surface area (Å²) in [6.07, 6.45) is 0. The minimum absolute atomic E-state index is 0.227. The number of H-pyrrole nitrogens is 1. The Balaban J connectivity index is 2.40. The van der Waals surface area contributed by atoms with Gasteiger partial charge in [0.25, 0.3) is 5.56 Å². The van der Waals surface area contributed by atoms with Crippen LogP contribution >= 0.6 is 12.2 Å². The molecule has 0 bridgehead atoms. The van der Waals surface area contributed by atoms with E-state index in [4.69, 9.17) is 12.2 Å². The van der Waals surface area contributed by atoms with Gasteiger partial charge in [-0.2, -0.15) is 5.10 Å². The first-order valence-corrected chi connectivity index (χ1v) is 5.29. The van der Waals surface area contributed by atoms with E-state index in [1.54, 1.807) is 11.6 Å². The number of rotatable bonds is 2. The highest BCUT2D eigenvalue weighted by Gasteiger charge is 2.00. The zero-order chi connectivity index (χ0) is 11.5. The van der Waals surface area contributed by atoms with Gasteiger partial charge in [-0.3, -0.25) is 9.78 Å². The lowest BCUT2D eigenvalue weighted by Crippen LogP contribution is -2.20. The molecule has 1 aromatic carbocycles. The third-order valence-electron chi connectivity index (χ3n) is 2.23. The molecular weight excluding hydrogens is 222 g/mol. The maximum Gasteiger partial charge on any atom is 0.273 e. The van der Waals surface area contributed by atoms with Gasteiger partial charge in [-0.15, -0.1) is 0 Å². The van der Waals surface area contributed by atoms with Crippen LogP contribution in [0.25, 0.3) is 0 Å². The van der Waals surface area contributed by atoms with E-state index in [0.29, 0.717) is 17.0 Å². The topological polar surface area (TPSA) is 50.7 Å². The van der Waals surface area contributed by atoms with Crippen molar-refractivity contribution < 1.29 is 0 Å². The summed E-state index contributed by atoms with van der Waals surface area (Å²) in [5.41, 5.74) is 1.29. The molecule has 2 aromatic rings. The third-order valence-corrected chi connectivity index (χ3v) is 2.54. The number of nitrogens with zero attached hydrogens (tertiary/aromatic N) is 2. The third kappa shape index (κ3) is 2.25. The summed E-state index contributed by atoms with van der Waals surface area (Å²) >= 11 is 5.04. The van der Waals surface area contributed by atoms with Gasteiger partial charge in [-0.05, 0) is 24.7 Å². The van der Waals surface area contributed by atoms with Crippen molar-refractivity contribution in [2.75, 3.05) is 0 Å². The summed E-state index contributed by atoms with van der Waals surface area (Å²) < 4.78 is 1.96. The molecule has 0 amide bonds. The molecule has 5 heteroatoms. The average Bonchev–Trinajstić information content (AvgIpc) is 2.27. The molecule has 0 aliphatic carbocycles. The average molecular weight is 233 g/mol. The van der Waals surface area contributed by atoms with Gasteiger partial charge in [0, 0.05) is 0 Å². The first-order chi connectivity index (χ1) is 7.66. The minimum atomic E-state index is -0.227. The summed E-state index contributed by atoms with van der Waals surface area (Å²) in [6.45, 7) is 2.23. The van der Waals surface area contributed by atoms with Crippen LogP contribution in [0.1, 0.15) is 11.3 Å². The Kier molecular flexibility index (Phi) is 2.96. The Morgan fingerprint density at radius 2 is 2.06 bits per heavy atom. The standard InChI is InChI=1S/C11H11N3OS/c1-8-10(15)12-11(16)14(13-8)7-9-5-3-2-4-6-9/h2-6H,7H2,1H3,(H,12,15,16). The summed E-state index contributed by atoms with van der Waals surface area (Å²) in [4.78, 5) is 13.8. The van der Waals surface area contributed by atoms with Crippen molar-refractivity contribution in [3.05, 3.63) is 56.7 Å². The second-order valence-electron chi connectivity index (χ2n) is 3.49. The van der Waals surface area contributed by atoms with Crippen molar-refractivity contribution in [2.24, 2.45) is 0 Å². The van der Waals surface area contributed by atoms with E-state index in [-0.39, 0.29) is 5.56 Å². The molecule has 1 heterocycles. The van der Waals surface area contributed by atoms with Crippen molar-refractivity contribution in [1.29, 1.82) is 0 Å².